The van der Waals surface area contributed by atoms with Crippen molar-refractivity contribution in [3.63, 3.8) is 0 Å². The van der Waals surface area contributed by atoms with Crippen molar-refractivity contribution in [2.75, 3.05) is 32.8 Å². The number of ether oxygens (including phenoxy) is 1. The summed E-state index contributed by atoms with van der Waals surface area (Å²) in [5, 5.41) is 2.89. The number of hydrogen-bond donors (Lipinski definition) is 2. The third kappa shape index (κ3) is 4.05. The monoisotopic (exact) mass is 215 g/mol. The Kier molecular flexibility index (Phi) is 4.84. The van der Waals surface area contributed by atoms with E-state index in [-0.39, 0.29) is 12.1 Å². The average molecular weight is 215 g/mol. The molecule has 0 aromatic carbocycles. The lowest BCUT2D eigenvalue weighted by atomic mass is 10.2. The topological polar surface area (TPSA) is 67.6 Å². The molecule has 0 saturated carbocycles. The van der Waals surface area contributed by atoms with E-state index in [2.05, 4.69) is 19.2 Å². The number of morpholine rings is 1. The van der Waals surface area contributed by atoms with Crippen LogP contribution < -0.4 is 11.1 Å². The van der Waals surface area contributed by atoms with Gasteiger partial charge in [-0.15, -0.1) is 0 Å². The number of urea groups is 1. The summed E-state index contributed by atoms with van der Waals surface area (Å²) in [5.41, 5.74) is 5.50. The van der Waals surface area contributed by atoms with Gasteiger partial charge in [0.2, 0.25) is 0 Å². The second-order valence-electron chi connectivity index (χ2n) is 4.25. The van der Waals surface area contributed by atoms with E-state index < -0.39 is 0 Å². The normalized spacial score (nSPS) is 21.9. The number of nitrogens with two attached hydrogens (primary N) is 1. The van der Waals surface area contributed by atoms with Gasteiger partial charge in [0.05, 0.1) is 12.7 Å². The van der Waals surface area contributed by atoms with Crippen LogP contribution in [0.4, 0.5) is 4.79 Å². The van der Waals surface area contributed by atoms with Crippen LogP contribution in [0.5, 0.6) is 0 Å². The molecule has 1 unspecified atom stereocenters. The van der Waals surface area contributed by atoms with Crippen LogP contribution in [0.2, 0.25) is 0 Å². The molecule has 1 rings (SSSR count). The van der Waals surface area contributed by atoms with Crippen LogP contribution in [0.3, 0.4) is 0 Å². The van der Waals surface area contributed by atoms with Gasteiger partial charge in [0.15, 0.2) is 0 Å². The number of carbonyl (C=O) groups is 1. The number of hydrogen-bond acceptors (Lipinski definition) is 3. The van der Waals surface area contributed by atoms with Gasteiger partial charge >= 0.3 is 6.03 Å². The Bertz CT molecular complexity index is 209. The fourth-order valence-corrected chi connectivity index (χ4v) is 1.45. The zero-order valence-electron chi connectivity index (χ0n) is 9.53. The molecular weight excluding hydrogens is 194 g/mol. The third-order valence-corrected chi connectivity index (χ3v) is 2.35. The maximum absolute atomic E-state index is 11.7. The van der Waals surface area contributed by atoms with Gasteiger partial charge in [-0.25, -0.2) is 4.79 Å². The van der Waals surface area contributed by atoms with Crippen molar-refractivity contribution in [1.82, 2.24) is 10.2 Å². The van der Waals surface area contributed by atoms with E-state index in [9.17, 15) is 4.79 Å². The SMILES string of the molecule is CC(C)CNC(=O)N1CCOC(CN)C1. The first-order valence-corrected chi connectivity index (χ1v) is 5.48. The van der Waals surface area contributed by atoms with E-state index in [1.165, 1.54) is 0 Å². The van der Waals surface area contributed by atoms with Gasteiger partial charge in [-0.2, -0.15) is 0 Å². The van der Waals surface area contributed by atoms with Crippen molar-refractivity contribution in [2.24, 2.45) is 11.7 Å². The number of carbonyl (C=O) groups excluding carboxylic acids is 1. The molecule has 1 saturated heterocycles. The lowest BCUT2D eigenvalue weighted by molar-refractivity contribution is -0.00865. The van der Waals surface area contributed by atoms with Gasteiger partial charge in [0.1, 0.15) is 0 Å². The molecular formula is C10H21N3O2. The maximum Gasteiger partial charge on any atom is 0.317 e. The fourth-order valence-electron chi connectivity index (χ4n) is 1.45. The molecule has 5 heteroatoms. The Morgan fingerprint density at radius 3 is 3.00 bits per heavy atom. The van der Waals surface area contributed by atoms with Crippen molar-refractivity contribution in [2.45, 2.75) is 20.0 Å². The Hall–Kier alpha value is -0.810. The second kappa shape index (κ2) is 5.92. The van der Waals surface area contributed by atoms with Crippen molar-refractivity contribution in [3.05, 3.63) is 0 Å². The summed E-state index contributed by atoms with van der Waals surface area (Å²) in [5.74, 6) is 0.472. The summed E-state index contributed by atoms with van der Waals surface area (Å²) in [6, 6.07) is -0.00884. The molecule has 1 heterocycles. The Morgan fingerprint density at radius 2 is 2.40 bits per heavy atom. The molecule has 15 heavy (non-hydrogen) atoms. The summed E-state index contributed by atoms with van der Waals surface area (Å²) in [6.07, 6.45) is -0.0106. The third-order valence-electron chi connectivity index (χ3n) is 2.35. The van der Waals surface area contributed by atoms with Gasteiger partial charge in [-0.1, -0.05) is 13.8 Å². The van der Waals surface area contributed by atoms with Crippen molar-refractivity contribution in [1.29, 1.82) is 0 Å². The second-order valence-corrected chi connectivity index (χ2v) is 4.25. The molecule has 1 atom stereocenters. The summed E-state index contributed by atoms with van der Waals surface area (Å²) in [7, 11) is 0. The average Bonchev–Trinajstić information content (AvgIpc) is 2.26. The van der Waals surface area contributed by atoms with Gasteiger partial charge in [-0.05, 0) is 5.92 Å². The quantitative estimate of drug-likeness (QED) is 0.697. The zero-order chi connectivity index (χ0) is 11.3. The molecule has 0 bridgehead atoms. The number of rotatable bonds is 3. The minimum atomic E-state index is -0.0106. The molecule has 0 radical (unpaired) electrons. The standard InChI is InChI=1S/C10H21N3O2/c1-8(2)6-12-10(14)13-3-4-15-9(5-11)7-13/h8-9H,3-7,11H2,1-2H3,(H,12,14). The highest BCUT2D eigenvalue weighted by Gasteiger charge is 2.22. The summed E-state index contributed by atoms with van der Waals surface area (Å²) in [4.78, 5) is 13.4. The van der Waals surface area contributed by atoms with E-state index in [1.54, 1.807) is 4.90 Å². The molecule has 1 fully saturated rings. The maximum atomic E-state index is 11.7. The zero-order valence-corrected chi connectivity index (χ0v) is 9.53. The van der Waals surface area contributed by atoms with E-state index in [0.29, 0.717) is 38.7 Å². The summed E-state index contributed by atoms with van der Waals surface area (Å²) in [6.45, 7) is 7.15. The largest absolute Gasteiger partial charge is 0.373 e. The smallest absolute Gasteiger partial charge is 0.317 e. The Labute approximate surface area is 90.9 Å². The van der Waals surface area contributed by atoms with E-state index in [1.807, 2.05) is 0 Å². The van der Waals surface area contributed by atoms with Gasteiger partial charge in [-0.3, -0.25) is 0 Å². The van der Waals surface area contributed by atoms with Crippen LogP contribution in [0.25, 0.3) is 0 Å². The molecule has 88 valence electrons. The number of amides is 2. The summed E-state index contributed by atoms with van der Waals surface area (Å²) < 4.78 is 5.39. The molecule has 0 aromatic rings. The van der Waals surface area contributed by atoms with E-state index in [0.717, 1.165) is 0 Å². The Morgan fingerprint density at radius 1 is 1.67 bits per heavy atom. The highest BCUT2D eigenvalue weighted by molar-refractivity contribution is 5.74. The predicted molar refractivity (Wildman–Crippen MR) is 58.6 cm³/mol. The minimum absolute atomic E-state index is 0.00884. The fraction of sp³-hybridized carbons (Fsp3) is 0.900. The van der Waals surface area contributed by atoms with Gasteiger partial charge < -0.3 is 20.7 Å². The molecule has 1 aliphatic rings. The van der Waals surface area contributed by atoms with Crippen LogP contribution in [0, 0.1) is 5.92 Å². The lowest BCUT2D eigenvalue weighted by Crippen LogP contribution is -2.51. The van der Waals surface area contributed by atoms with Crippen molar-refractivity contribution in [3.8, 4) is 0 Å². The molecule has 2 amide bonds. The molecule has 0 aromatic heterocycles. The first-order valence-electron chi connectivity index (χ1n) is 5.48. The van der Waals surface area contributed by atoms with Crippen molar-refractivity contribution >= 4 is 6.03 Å². The van der Waals surface area contributed by atoms with Crippen molar-refractivity contribution < 1.29 is 9.53 Å². The Balaban J connectivity index is 2.32. The van der Waals surface area contributed by atoms with Crippen LogP contribution >= 0.6 is 0 Å². The lowest BCUT2D eigenvalue weighted by Gasteiger charge is -2.32. The molecule has 5 nitrogen and oxygen atoms in total. The molecule has 0 spiro atoms. The molecule has 3 N–H and O–H groups in total. The van der Waals surface area contributed by atoms with Crippen LogP contribution in [-0.2, 0) is 4.74 Å². The van der Waals surface area contributed by atoms with Crippen LogP contribution in [0.15, 0.2) is 0 Å². The van der Waals surface area contributed by atoms with Crippen LogP contribution in [0.1, 0.15) is 13.8 Å². The van der Waals surface area contributed by atoms with Gasteiger partial charge in [0.25, 0.3) is 0 Å². The predicted octanol–water partition coefficient (Wildman–Crippen LogP) is 0.0115. The molecule has 1 aliphatic heterocycles. The number of nitrogens with one attached hydrogen (secondary N) is 1. The van der Waals surface area contributed by atoms with E-state index >= 15 is 0 Å². The molecule has 0 aliphatic carbocycles. The summed E-state index contributed by atoms with van der Waals surface area (Å²) >= 11 is 0. The highest BCUT2D eigenvalue weighted by atomic mass is 16.5. The highest BCUT2D eigenvalue weighted by Crippen LogP contribution is 2.04. The van der Waals surface area contributed by atoms with Gasteiger partial charge in [0, 0.05) is 26.2 Å². The first-order chi connectivity index (χ1) is 7.13. The minimum Gasteiger partial charge on any atom is -0.373 e. The van der Waals surface area contributed by atoms with Crippen LogP contribution in [-0.4, -0.2) is 49.8 Å². The number of nitrogens with zero attached hydrogens (tertiary/aromatic N) is 1. The van der Waals surface area contributed by atoms with E-state index in [4.69, 9.17) is 10.5 Å². The first kappa shape index (κ1) is 12.3.